The van der Waals surface area contributed by atoms with Crippen LogP contribution in [0.25, 0.3) is 6.08 Å². The molecule has 138 valence electrons. The first-order chi connectivity index (χ1) is 13.5. The summed E-state index contributed by atoms with van der Waals surface area (Å²) >= 11 is 3.01. The number of rotatable bonds is 5. The smallest absolute Gasteiger partial charge is 0.293 e. The zero-order valence-electron chi connectivity index (χ0n) is 14.5. The number of benzene rings is 2. The van der Waals surface area contributed by atoms with E-state index in [4.69, 9.17) is 11.2 Å². The number of amides is 2. The van der Waals surface area contributed by atoms with Crippen LogP contribution in [0.5, 0.6) is 5.75 Å². The van der Waals surface area contributed by atoms with E-state index in [1.54, 1.807) is 42.5 Å². The standard InChI is InChI=1S/C21H13IN2O3S/c1-2-9-27-18-8-7-14(10-17(18)22)11-19-20(25)24(21(26)28-19)13-16-6-4-3-5-15(16)12-23/h1,3-8,10-11H,9,13H2/b19-11+. The number of carbonyl (C=O) groups excluding carboxylic acids is 2. The van der Waals surface area contributed by atoms with Crippen LogP contribution in [-0.2, 0) is 11.3 Å². The van der Waals surface area contributed by atoms with Crippen molar-refractivity contribution < 1.29 is 14.3 Å². The van der Waals surface area contributed by atoms with Gasteiger partial charge in [0.15, 0.2) is 0 Å². The quantitative estimate of drug-likeness (QED) is 0.346. The average Bonchev–Trinajstić information content (AvgIpc) is 2.95. The van der Waals surface area contributed by atoms with Crippen molar-refractivity contribution >= 4 is 51.6 Å². The van der Waals surface area contributed by atoms with Crippen LogP contribution in [0.2, 0.25) is 0 Å². The molecule has 0 spiro atoms. The molecule has 0 saturated carbocycles. The van der Waals surface area contributed by atoms with Gasteiger partial charge in [0.05, 0.1) is 26.7 Å². The number of hydrogen-bond acceptors (Lipinski definition) is 5. The minimum absolute atomic E-state index is 0.0716. The lowest BCUT2D eigenvalue weighted by molar-refractivity contribution is -0.123. The van der Waals surface area contributed by atoms with E-state index in [2.05, 4.69) is 34.6 Å². The topological polar surface area (TPSA) is 70.4 Å². The number of nitrogens with zero attached hydrogens (tertiary/aromatic N) is 2. The molecule has 3 rings (SSSR count). The molecule has 1 aliphatic heterocycles. The van der Waals surface area contributed by atoms with Gasteiger partial charge in [0.1, 0.15) is 12.4 Å². The first-order valence-electron chi connectivity index (χ1n) is 8.12. The SMILES string of the molecule is C#CCOc1ccc(/C=C2/SC(=O)N(Cc3ccccc3C#N)C2=O)cc1I. The Morgan fingerprint density at radius 3 is 2.75 bits per heavy atom. The molecule has 0 aromatic heterocycles. The highest BCUT2D eigenvalue weighted by molar-refractivity contribution is 14.1. The van der Waals surface area contributed by atoms with Gasteiger partial charge in [-0.15, -0.1) is 6.42 Å². The van der Waals surface area contributed by atoms with Crippen LogP contribution in [-0.4, -0.2) is 22.7 Å². The molecule has 5 nitrogen and oxygen atoms in total. The maximum atomic E-state index is 12.7. The molecule has 0 radical (unpaired) electrons. The number of terminal acetylenes is 1. The second-order valence-electron chi connectivity index (χ2n) is 5.72. The summed E-state index contributed by atoms with van der Waals surface area (Å²) in [6.45, 7) is 0.251. The number of imide groups is 1. The first-order valence-corrected chi connectivity index (χ1v) is 10.0. The monoisotopic (exact) mass is 500 g/mol. The Balaban J connectivity index is 1.81. The zero-order valence-corrected chi connectivity index (χ0v) is 17.5. The third-order valence-electron chi connectivity index (χ3n) is 3.90. The highest BCUT2D eigenvalue weighted by Gasteiger charge is 2.35. The van der Waals surface area contributed by atoms with Crippen molar-refractivity contribution in [2.45, 2.75) is 6.54 Å². The molecular formula is C21H13IN2O3S. The van der Waals surface area contributed by atoms with Crippen LogP contribution in [0.1, 0.15) is 16.7 Å². The molecule has 1 fully saturated rings. The second-order valence-corrected chi connectivity index (χ2v) is 7.87. The van der Waals surface area contributed by atoms with Crippen LogP contribution >= 0.6 is 34.4 Å². The third-order valence-corrected chi connectivity index (χ3v) is 5.65. The zero-order chi connectivity index (χ0) is 20.1. The van der Waals surface area contributed by atoms with Gasteiger partial charge in [-0.05, 0) is 69.8 Å². The number of thioether (sulfide) groups is 1. The maximum Gasteiger partial charge on any atom is 0.293 e. The summed E-state index contributed by atoms with van der Waals surface area (Å²) in [6, 6.07) is 14.4. The molecule has 2 aromatic rings. The van der Waals surface area contributed by atoms with Crippen LogP contribution in [0.3, 0.4) is 0 Å². The molecule has 0 atom stereocenters. The normalized spacial score (nSPS) is 14.8. The van der Waals surface area contributed by atoms with E-state index >= 15 is 0 Å². The van der Waals surface area contributed by atoms with Crippen molar-refractivity contribution in [3.05, 3.63) is 67.6 Å². The lowest BCUT2D eigenvalue weighted by atomic mass is 10.1. The molecule has 28 heavy (non-hydrogen) atoms. The molecule has 0 unspecified atom stereocenters. The maximum absolute atomic E-state index is 12.7. The van der Waals surface area contributed by atoms with Crippen molar-refractivity contribution in [1.29, 1.82) is 5.26 Å². The van der Waals surface area contributed by atoms with E-state index in [1.807, 2.05) is 6.07 Å². The van der Waals surface area contributed by atoms with Gasteiger partial charge in [-0.2, -0.15) is 5.26 Å². The molecule has 1 saturated heterocycles. The average molecular weight is 500 g/mol. The Hall–Kier alpha value is -2.75. The van der Waals surface area contributed by atoms with Crippen molar-refractivity contribution in [2.24, 2.45) is 0 Å². The van der Waals surface area contributed by atoms with E-state index in [0.717, 1.165) is 25.8 Å². The Morgan fingerprint density at radius 2 is 2.04 bits per heavy atom. The lowest BCUT2D eigenvalue weighted by Crippen LogP contribution is -2.27. The molecule has 2 aromatic carbocycles. The molecule has 7 heteroatoms. The van der Waals surface area contributed by atoms with Gasteiger partial charge >= 0.3 is 0 Å². The number of carbonyl (C=O) groups is 2. The number of ether oxygens (including phenoxy) is 1. The number of hydrogen-bond donors (Lipinski definition) is 0. The molecule has 2 amide bonds. The third kappa shape index (κ3) is 4.38. The number of nitriles is 1. The Bertz CT molecular complexity index is 1070. The second kappa shape index (κ2) is 8.96. The highest BCUT2D eigenvalue weighted by atomic mass is 127. The van der Waals surface area contributed by atoms with Crippen LogP contribution in [0.15, 0.2) is 47.4 Å². The van der Waals surface area contributed by atoms with Crippen LogP contribution in [0, 0.1) is 27.2 Å². The first kappa shape index (κ1) is 20.0. The molecule has 0 bridgehead atoms. The van der Waals surface area contributed by atoms with Crippen molar-refractivity contribution in [3.8, 4) is 24.2 Å². The van der Waals surface area contributed by atoms with E-state index in [1.165, 1.54) is 0 Å². The fourth-order valence-corrected chi connectivity index (χ4v) is 4.10. The molecule has 1 heterocycles. The van der Waals surface area contributed by atoms with E-state index in [0.29, 0.717) is 21.8 Å². The Morgan fingerprint density at radius 1 is 1.25 bits per heavy atom. The summed E-state index contributed by atoms with van der Waals surface area (Å²) in [5.41, 5.74) is 1.86. The van der Waals surface area contributed by atoms with Crippen molar-refractivity contribution in [1.82, 2.24) is 4.90 Å². The van der Waals surface area contributed by atoms with Crippen molar-refractivity contribution in [3.63, 3.8) is 0 Å². The predicted molar refractivity (Wildman–Crippen MR) is 116 cm³/mol. The minimum atomic E-state index is -0.370. The van der Waals surface area contributed by atoms with E-state index < -0.39 is 0 Å². The summed E-state index contributed by atoms with van der Waals surface area (Å²) < 4.78 is 6.28. The van der Waals surface area contributed by atoms with Gasteiger partial charge in [-0.1, -0.05) is 30.2 Å². The van der Waals surface area contributed by atoms with Gasteiger partial charge < -0.3 is 4.74 Å². The summed E-state index contributed by atoms with van der Waals surface area (Å²) in [4.78, 5) is 26.5. The fraction of sp³-hybridized carbons (Fsp3) is 0.0952. The van der Waals surface area contributed by atoms with Crippen molar-refractivity contribution in [2.75, 3.05) is 6.61 Å². The summed E-state index contributed by atoms with van der Waals surface area (Å²) in [5.74, 6) is 2.71. The predicted octanol–water partition coefficient (Wildman–Crippen LogP) is 4.41. The van der Waals surface area contributed by atoms with Crippen LogP contribution in [0.4, 0.5) is 4.79 Å². The Kier molecular flexibility index (Phi) is 6.40. The molecule has 0 aliphatic carbocycles. The minimum Gasteiger partial charge on any atom is -0.480 e. The van der Waals surface area contributed by atoms with Gasteiger partial charge in [0.25, 0.3) is 11.1 Å². The largest absolute Gasteiger partial charge is 0.480 e. The summed E-state index contributed by atoms with van der Waals surface area (Å²) in [7, 11) is 0. The van der Waals surface area contributed by atoms with Gasteiger partial charge in [0.2, 0.25) is 0 Å². The lowest BCUT2D eigenvalue weighted by Gasteiger charge is -2.13. The van der Waals surface area contributed by atoms with Gasteiger partial charge in [0, 0.05) is 0 Å². The fourth-order valence-electron chi connectivity index (χ4n) is 2.57. The van der Waals surface area contributed by atoms with E-state index in [-0.39, 0.29) is 24.3 Å². The summed E-state index contributed by atoms with van der Waals surface area (Å²) in [5, 5.41) is 8.84. The van der Waals surface area contributed by atoms with Gasteiger partial charge in [-0.25, -0.2) is 0 Å². The molecular weight excluding hydrogens is 487 g/mol. The number of halogens is 1. The Labute approximate surface area is 180 Å². The molecule has 1 aliphatic rings. The van der Waals surface area contributed by atoms with Crippen LogP contribution < -0.4 is 4.74 Å². The van der Waals surface area contributed by atoms with Gasteiger partial charge in [-0.3, -0.25) is 14.5 Å². The summed E-state index contributed by atoms with van der Waals surface area (Å²) in [6.07, 6.45) is 6.87. The van der Waals surface area contributed by atoms with E-state index in [9.17, 15) is 14.9 Å². The highest BCUT2D eigenvalue weighted by Crippen LogP contribution is 2.34. The molecule has 0 N–H and O–H groups in total.